The molecule has 0 saturated carbocycles. The van der Waals surface area contributed by atoms with E-state index in [4.69, 9.17) is 5.84 Å². The normalized spacial score (nSPS) is 10.5. The molecule has 4 nitrogen and oxygen atoms in total. The minimum absolute atomic E-state index is 0.246. The fraction of sp³-hybridized carbons (Fsp3) is 0.333. The smallest absolute Gasteiger partial charge is 0.267 e. The first kappa shape index (κ1) is 11.6. The molecule has 0 radical (unpaired) electrons. The summed E-state index contributed by atoms with van der Waals surface area (Å²) in [4.78, 5) is 21.9. The minimum Gasteiger partial charge on any atom is -0.268 e. The predicted molar refractivity (Wildman–Crippen MR) is 50.2 cm³/mol. The predicted octanol–water partition coefficient (Wildman–Crippen LogP) is 0.613. The maximum atomic E-state index is 11.1. The summed E-state index contributed by atoms with van der Waals surface area (Å²) < 4.78 is 0. The van der Waals surface area contributed by atoms with Crippen LogP contribution in [-0.4, -0.2) is 16.8 Å². The maximum Gasteiger partial charge on any atom is 0.267 e. The number of carbonyl (C=O) groups excluding carboxylic acids is 2. The fourth-order valence-electron chi connectivity index (χ4n) is 0.562. The van der Waals surface area contributed by atoms with E-state index in [0.29, 0.717) is 5.01 Å². The van der Waals surface area contributed by atoms with Crippen molar-refractivity contribution in [2.45, 2.75) is 13.8 Å². The highest BCUT2D eigenvalue weighted by atomic mass is 16.2. The van der Waals surface area contributed by atoms with E-state index in [1.807, 2.05) is 13.8 Å². The summed E-state index contributed by atoms with van der Waals surface area (Å²) in [5, 5.41) is 0.520. The SMILES string of the molecule is C=CC(=O)N(N)C(=O)C=CC(C)C. The largest absolute Gasteiger partial charge is 0.268 e. The van der Waals surface area contributed by atoms with Crippen LogP contribution in [0, 0.1) is 5.92 Å². The average molecular weight is 182 g/mol. The van der Waals surface area contributed by atoms with Crippen molar-refractivity contribution in [3.8, 4) is 0 Å². The van der Waals surface area contributed by atoms with E-state index in [-0.39, 0.29) is 5.92 Å². The molecule has 0 unspecified atom stereocenters. The Labute approximate surface area is 77.7 Å². The number of imide groups is 1. The Bertz CT molecular complexity index is 244. The van der Waals surface area contributed by atoms with Gasteiger partial charge in [0.15, 0.2) is 0 Å². The first-order valence-corrected chi connectivity index (χ1v) is 3.92. The van der Waals surface area contributed by atoms with Crippen molar-refractivity contribution in [1.29, 1.82) is 0 Å². The summed E-state index contributed by atoms with van der Waals surface area (Å²) in [5.74, 6) is 4.26. The van der Waals surface area contributed by atoms with Gasteiger partial charge in [0, 0.05) is 6.08 Å². The van der Waals surface area contributed by atoms with Crippen molar-refractivity contribution >= 4 is 11.8 Å². The first-order valence-electron chi connectivity index (χ1n) is 3.92. The lowest BCUT2D eigenvalue weighted by atomic mass is 10.2. The van der Waals surface area contributed by atoms with E-state index in [1.165, 1.54) is 6.08 Å². The van der Waals surface area contributed by atoms with E-state index in [9.17, 15) is 9.59 Å². The number of hydrogen-bond acceptors (Lipinski definition) is 3. The zero-order valence-electron chi connectivity index (χ0n) is 7.86. The lowest BCUT2D eigenvalue weighted by Gasteiger charge is -2.08. The number of carbonyl (C=O) groups is 2. The molecule has 0 aliphatic heterocycles. The van der Waals surface area contributed by atoms with Gasteiger partial charge in [0.25, 0.3) is 11.8 Å². The summed E-state index contributed by atoms with van der Waals surface area (Å²) >= 11 is 0. The van der Waals surface area contributed by atoms with Gasteiger partial charge in [0.05, 0.1) is 0 Å². The molecule has 0 bridgehead atoms. The van der Waals surface area contributed by atoms with Gasteiger partial charge < -0.3 is 0 Å². The van der Waals surface area contributed by atoms with Crippen LogP contribution >= 0.6 is 0 Å². The molecule has 0 spiro atoms. The second-order valence-corrected chi connectivity index (χ2v) is 2.85. The van der Waals surface area contributed by atoms with Crippen LogP contribution in [0.3, 0.4) is 0 Å². The highest BCUT2D eigenvalue weighted by molar-refractivity contribution is 6.04. The van der Waals surface area contributed by atoms with Crippen LogP contribution in [0.1, 0.15) is 13.8 Å². The van der Waals surface area contributed by atoms with Crippen molar-refractivity contribution in [2.24, 2.45) is 11.8 Å². The second kappa shape index (κ2) is 5.27. The third kappa shape index (κ3) is 4.22. The molecule has 0 aromatic rings. The van der Waals surface area contributed by atoms with Gasteiger partial charge in [-0.15, -0.1) is 0 Å². The molecule has 0 aromatic carbocycles. The molecule has 13 heavy (non-hydrogen) atoms. The fourth-order valence-corrected chi connectivity index (χ4v) is 0.562. The van der Waals surface area contributed by atoms with Gasteiger partial charge in [-0.3, -0.25) is 9.59 Å². The summed E-state index contributed by atoms with van der Waals surface area (Å²) in [7, 11) is 0. The Morgan fingerprint density at radius 3 is 2.31 bits per heavy atom. The number of allylic oxidation sites excluding steroid dienone is 1. The number of nitrogens with two attached hydrogens (primary N) is 1. The lowest BCUT2D eigenvalue weighted by Crippen LogP contribution is -2.40. The average Bonchev–Trinajstić information content (AvgIpc) is 2.11. The zero-order valence-corrected chi connectivity index (χ0v) is 7.86. The van der Waals surface area contributed by atoms with Gasteiger partial charge in [-0.1, -0.05) is 26.5 Å². The molecule has 0 atom stereocenters. The zero-order chi connectivity index (χ0) is 10.4. The molecular weight excluding hydrogens is 168 g/mol. The van der Waals surface area contributed by atoms with Crippen molar-refractivity contribution in [2.75, 3.05) is 0 Å². The van der Waals surface area contributed by atoms with Crippen molar-refractivity contribution in [3.05, 3.63) is 24.8 Å². The van der Waals surface area contributed by atoms with Crippen LogP contribution in [0.4, 0.5) is 0 Å². The topological polar surface area (TPSA) is 63.4 Å². The monoisotopic (exact) mass is 182 g/mol. The summed E-state index contributed by atoms with van der Waals surface area (Å²) in [6.45, 7) is 7.05. The van der Waals surface area contributed by atoms with Crippen LogP contribution in [0.2, 0.25) is 0 Å². The van der Waals surface area contributed by atoms with Crippen LogP contribution in [-0.2, 0) is 9.59 Å². The first-order chi connectivity index (χ1) is 5.99. The molecule has 72 valence electrons. The quantitative estimate of drug-likeness (QED) is 0.301. The van der Waals surface area contributed by atoms with Gasteiger partial charge >= 0.3 is 0 Å². The molecule has 0 saturated heterocycles. The van der Waals surface area contributed by atoms with Crippen LogP contribution < -0.4 is 5.84 Å². The highest BCUT2D eigenvalue weighted by Gasteiger charge is 2.10. The van der Waals surface area contributed by atoms with Gasteiger partial charge in [0.2, 0.25) is 0 Å². The Morgan fingerprint density at radius 1 is 1.38 bits per heavy atom. The molecule has 4 heteroatoms. The number of nitrogens with zero attached hydrogens (tertiary/aromatic N) is 1. The van der Waals surface area contributed by atoms with Gasteiger partial charge in [-0.05, 0) is 12.0 Å². The Morgan fingerprint density at radius 2 is 1.92 bits per heavy atom. The third-order valence-corrected chi connectivity index (χ3v) is 1.27. The molecule has 0 aliphatic rings. The number of hydrogen-bond donors (Lipinski definition) is 1. The van der Waals surface area contributed by atoms with Crippen molar-refractivity contribution in [1.82, 2.24) is 5.01 Å². The molecule has 0 aromatic heterocycles. The molecule has 2 amide bonds. The van der Waals surface area contributed by atoms with E-state index >= 15 is 0 Å². The number of amides is 2. The molecule has 0 rings (SSSR count). The third-order valence-electron chi connectivity index (χ3n) is 1.27. The number of hydrazine groups is 1. The van der Waals surface area contributed by atoms with E-state index in [1.54, 1.807) is 6.08 Å². The summed E-state index contributed by atoms with van der Waals surface area (Å²) in [5.41, 5.74) is 0. The molecular formula is C9H14N2O2. The molecule has 0 heterocycles. The van der Waals surface area contributed by atoms with Crippen LogP contribution in [0.5, 0.6) is 0 Å². The Kier molecular flexibility index (Phi) is 4.69. The van der Waals surface area contributed by atoms with E-state index in [0.717, 1.165) is 6.08 Å². The standard InChI is InChI=1S/C9H14N2O2/c1-4-8(12)11(10)9(13)6-5-7(2)3/h4-7H,1,10H2,2-3H3. The highest BCUT2D eigenvalue weighted by Crippen LogP contribution is 1.94. The van der Waals surface area contributed by atoms with Crippen molar-refractivity contribution in [3.63, 3.8) is 0 Å². The molecule has 0 fully saturated rings. The summed E-state index contributed by atoms with van der Waals surface area (Å²) in [6.07, 6.45) is 3.92. The Balaban J connectivity index is 4.27. The van der Waals surface area contributed by atoms with Gasteiger partial charge in [-0.2, -0.15) is 0 Å². The maximum absolute atomic E-state index is 11.1. The van der Waals surface area contributed by atoms with E-state index < -0.39 is 11.8 Å². The lowest BCUT2D eigenvalue weighted by molar-refractivity contribution is -0.139. The van der Waals surface area contributed by atoms with Crippen LogP contribution in [0.25, 0.3) is 0 Å². The second-order valence-electron chi connectivity index (χ2n) is 2.85. The number of rotatable bonds is 3. The van der Waals surface area contributed by atoms with Gasteiger partial charge in [0.1, 0.15) is 0 Å². The van der Waals surface area contributed by atoms with Crippen LogP contribution in [0.15, 0.2) is 24.8 Å². The molecule has 2 N–H and O–H groups in total. The van der Waals surface area contributed by atoms with E-state index in [2.05, 4.69) is 6.58 Å². The van der Waals surface area contributed by atoms with Gasteiger partial charge in [-0.25, -0.2) is 10.9 Å². The minimum atomic E-state index is -0.613. The molecule has 0 aliphatic carbocycles. The Hall–Kier alpha value is -1.42. The van der Waals surface area contributed by atoms with Crippen molar-refractivity contribution < 1.29 is 9.59 Å². The summed E-state index contributed by atoms with van der Waals surface area (Å²) in [6, 6.07) is 0.